The molecule has 0 saturated carbocycles. The number of nitrogens with zero attached hydrogens (tertiary/aromatic N) is 5. The molecule has 0 aromatic carbocycles. The van der Waals surface area contributed by atoms with E-state index in [0.29, 0.717) is 12.4 Å². The highest BCUT2D eigenvalue weighted by atomic mass is 16.2. The summed E-state index contributed by atoms with van der Waals surface area (Å²) in [6, 6.07) is -0.271. The Morgan fingerprint density at radius 3 is 2.28 bits per heavy atom. The van der Waals surface area contributed by atoms with Gasteiger partial charge in [0.1, 0.15) is 5.69 Å². The summed E-state index contributed by atoms with van der Waals surface area (Å²) in [6.45, 7) is 20.3. The second-order valence-electron chi connectivity index (χ2n) is 8.46. The highest BCUT2D eigenvalue weighted by Gasteiger charge is 2.30. The van der Waals surface area contributed by atoms with Crippen LogP contribution in [-0.4, -0.2) is 32.0 Å². The van der Waals surface area contributed by atoms with Gasteiger partial charge in [-0.1, -0.05) is 41.5 Å². The van der Waals surface area contributed by atoms with E-state index in [1.807, 2.05) is 39.3 Å². The summed E-state index contributed by atoms with van der Waals surface area (Å²) in [5.41, 5.74) is 1.81. The second-order valence-corrected chi connectivity index (χ2v) is 8.46. The molecule has 7 nitrogen and oxygen atoms in total. The van der Waals surface area contributed by atoms with Crippen molar-refractivity contribution in [2.75, 3.05) is 0 Å². The van der Waals surface area contributed by atoms with Gasteiger partial charge in [-0.25, -0.2) is 4.68 Å². The van der Waals surface area contributed by atoms with Crippen molar-refractivity contribution in [2.45, 2.75) is 73.4 Å². The van der Waals surface area contributed by atoms with Gasteiger partial charge in [-0.2, -0.15) is 14.7 Å². The Labute approximate surface area is 149 Å². The minimum atomic E-state index is -0.463. The van der Waals surface area contributed by atoms with Gasteiger partial charge in [-0.15, -0.1) is 0 Å². The molecule has 0 aliphatic rings. The lowest BCUT2D eigenvalue weighted by molar-refractivity contribution is -0.129. The molecule has 0 fully saturated rings. The predicted molar refractivity (Wildman–Crippen MR) is 101 cm³/mol. The average Bonchev–Trinajstić information content (AvgIpc) is 3.01. The van der Waals surface area contributed by atoms with Crippen molar-refractivity contribution in [2.24, 2.45) is 10.4 Å². The number of rotatable bonds is 4. The number of nitrogens with one attached hydrogen (secondary N) is 1. The SMILES string of the molecule is C=Nc1c(C(C)(C)C)nn2c(C(C)NC(=O)C(C)(C)C)nn(CC)c12. The highest BCUT2D eigenvalue weighted by molar-refractivity contribution is 5.81. The molecule has 2 heterocycles. The number of hydrogen-bond acceptors (Lipinski definition) is 4. The van der Waals surface area contributed by atoms with Gasteiger partial charge in [0, 0.05) is 17.4 Å². The summed E-state index contributed by atoms with van der Waals surface area (Å²) < 4.78 is 3.66. The van der Waals surface area contributed by atoms with Gasteiger partial charge in [-0.3, -0.25) is 9.79 Å². The summed E-state index contributed by atoms with van der Waals surface area (Å²) >= 11 is 0. The van der Waals surface area contributed by atoms with Crippen LogP contribution in [0.15, 0.2) is 4.99 Å². The number of hydrogen-bond donors (Lipinski definition) is 1. The maximum Gasteiger partial charge on any atom is 0.225 e. The Morgan fingerprint density at radius 1 is 1.24 bits per heavy atom. The Balaban J connectivity index is 2.60. The van der Waals surface area contributed by atoms with Crippen LogP contribution in [-0.2, 0) is 16.8 Å². The van der Waals surface area contributed by atoms with Crippen molar-refractivity contribution in [3.05, 3.63) is 11.5 Å². The summed E-state index contributed by atoms with van der Waals surface area (Å²) in [5, 5.41) is 12.4. The van der Waals surface area contributed by atoms with E-state index in [1.54, 1.807) is 4.52 Å². The predicted octanol–water partition coefficient (Wildman–Crippen LogP) is 3.40. The normalized spacial score (nSPS) is 13.9. The number of aliphatic imine (C=N–C) groups is 1. The molecule has 2 aromatic rings. The fourth-order valence-electron chi connectivity index (χ4n) is 2.62. The zero-order chi connectivity index (χ0) is 19.2. The average molecular weight is 346 g/mol. The second kappa shape index (κ2) is 6.28. The van der Waals surface area contributed by atoms with E-state index >= 15 is 0 Å². The molecular weight excluding hydrogens is 316 g/mol. The smallest absolute Gasteiger partial charge is 0.225 e. The van der Waals surface area contributed by atoms with Crippen LogP contribution in [0.4, 0.5) is 5.69 Å². The summed E-state index contributed by atoms with van der Waals surface area (Å²) in [7, 11) is 0. The lowest BCUT2D eigenvalue weighted by Crippen LogP contribution is -2.37. The van der Waals surface area contributed by atoms with Crippen molar-refractivity contribution < 1.29 is 4.79 Å². The van der Waals surface area contributed by atoms with Crippen molar-refractivity contribution >= 4 is 24.0 Å². The van der Waals surface area contributed by atoms with Crippen molar-refractivity contribution in [3.8, 4) is 0 Å². The molecule has 1 unspecified atom stereocenters. The minimum Gasteiger partial charge on any atom is -0.346 e. The molecular formula is C18H30N6O. The Hall–Kier alpha value is -2.18. The van der Waals surface area contributed by atoms with Gasteiger partial charge in [0.25, 0.3) is 0 Å². The van der Waals surface area contributed by atoms with Crippen LogP contribution in [0.2, 0.25) is 0 Å². The minimum absolute atomic E-state index is 0.0236. The van der Waals surface area contributed by atoms with Gasteiger partial charge < -0.3 is 5.32 Å². The first-order valence-electron chi connectivity index (χ1n) is 8.69. The molecule has 0 spiro atoms. The lowest BCUT2D eigenvalue weighted by atomic mass is 9.91. The Bertz CT molecular complexity index is 800. The van der Waals surface area contributed by atoms with Crippen LogP contribution in [0.3, 0.4) is 0 Å². The number of amides is 1. The molecule has 2 rings (SSSR count). The fourth-order valence-corrected chi connectivity index (χ4v) is 2.62. The molecule has 1 amide bonds. The molecule has 0 radical (unpaired) electrons. The van der Waals surface area contributed by atoms with Gasteiger partial charge in [0.2, 0.25) is 5.91 Å². The molecule has 138 valence electrons. The number of aryl methyl sites for hydroxylation is 1. The van der Waals surface area contributed by atoms with Gasteiger partial charge in [0.15, 0.2) is 11.5 Å². The molecule has 0 aliphatic heterocycles. The van der Waals surface area contributed by atoms with Crippen LogP contribution in [0.25, 0.3) is 5.65 Å². The summed E-state index contributed by atoms with van der Waals surface area (Å²) in [5.74, 6) is 0.666. The maximum atomic E-state index is 12.3. The van der Waals surface area contributed by atoms with Crippen LogP contribution >= 0.6 is 0 Å². The van der Waals surface area contributed by atoms with Crippen LogP contribution in [0.1, 0.15) is 73.0 Å². The van der Waals surface area contributed by atoms with E-state index < -0.39 is 5.41 Å². The maximum absolute atomic E-state index is 12.3. The number of aromatic nitrogens is 4. The molecule has 1 atom stereocenters. The van der Waals surface area contributed by atoms with E-state index in [0.717, 1.165) is 17.0 Å². The molecule has 1 N–H and O–H groups in total. The summed E-state index contributed by atoms with van der Waals surface area (Å²) in [4.78, 5) is 16.6. The third-order valence-corrected chi connectivity index (χ3v) is 4.11. The van der Waals surface area contributed by atoms with Gasteiger partial charge >= 0.3 is 0 Å². The quantitative estimate of drug-likeness (QED) is 0.862. The lowest BCUT2D eigenvalue weighted by Gasteiger charge is -2.20. The number of fused-ring (bicyclic) bond motifs is 1. The van der Waals surface area contributed by atoms with Crippen molar-refractivity contribution in [1.82, 2.24) is 24.7 Å². The zero-order valence-corrected chi connectivity index (χ0v) is 16.6. The Morgan fingerprint density at radius 2 is 1.84 bits per heavy atom. The monoisotopic (exact) mass is 346 g/mol. The highest BCUT2D eigenvalue weighted by Crippen LogP contribution is 2.35. The van der Waals surface area contributed by atoms with Gasteiger partial charge in [0.05, 0.1) is 11.7 Å². The molecule has 0 bridgehead atoms. The molecule has 7 heteroatoms. The van der Waals surface area contributed by atoms with Crippen LogP contribution < -0.4 is 5.32 Å². The number of carbonyl (C=O) groups is 1. The topological polar surface area (TPSA) is 76.6 Å². The standard InChI is InChI=1S/C18H30N6O/c1-10-23-15-12(19-9)13(17(3,4)5)21-24(15)14(22-23)11(2)20-16(25)18(6,7)8/h11H,9-10H2,1-8H3,(H,20,25). The fraction of sp³-hybridized carbons (Fsp3) is 0.667. The van der Waals surface area contributed by atoms with Gasteiger partial charge in [-0.05, 0) is 20.6 Å². The van der Waals surface area contributed by atoms with E-state index in [-0.39, 0.29) is 17.4 Å². The van der Waals surface area contributed by atoms with E-state index in [1.165, 1.54) is 0 Å². The van der Waals surface area contributed by atoms with Crippen molar-refractivity contribution in [1.29, 1.82) is 0 Å². The summed E-state index contributed by atoms with van der Waals surface area (Å²) in [6.07, 6.45) is 0. The first-order chi connectivity index (χ1) is 11.4. The number of carbonyl (C=O) groups excluding carboxylic acids is 1. The molecule has 2 aromatic heterocycles. The largest absolute Gasteiger partial charge is 0.346 e. The first-order valence-corrected chi connectivity index (χ1v) is 8.69. The van der Waals surface area contributed by atoms with Crippen LogP contribution in [0.5, 0.6) is 0 Å². The van der Waals surface area contributed by atoms with Crippen molar-refractivity contribution in [3.63, 3.8) is 0 Å². The van der Waals surface area contributed by atoms with E-state index in [9.17, 15) is 4.79 Å². The Kier molecular flexibility index (Phi) is 4.81. The van der Waals surface area contributed by atoms with E-state index in [4.69, 9.17) is 5.10 Å². The molecule has 25 heavy (non-hydrogen) atoms. The van der Waals surface area contributed by atoms with E-state index in [2.05, 4.69) is 42.9 Å². The third kappa shape index (κ3) is 3.45. The zero-order valence-electron chi connectivity index (χ0n) is 16.6. The third-order valence-electron chi connectivity index (χ3n) is 4.11. The molecule has 0 aliphatic carbocycles. The first kappa shape index (κ1) is 19.1. The van der Waals surface area contributed by atoms with Crippen LogP contribution in [0, 0.1) is 5.41 Å². The molecule has 0 saturated heterocycles.